The van der Waals surface area contributed by atoms with Gasteiger partial charge in [-0.05, 0) is 12.1 Å². The standard InChI is InChI=1S/C10H7F2N3O/c11-6-1-2-7(12)8(3-6)15-10(16)9-4-13-5-14-9/h1-5H,(H,13,14)(H,15,16). The molecule has 6 heteroatoms. The molecular weight excluding hydrogens is 216 g/mol. The molecule has 0 unspecified atom stereocenters. The van der Waals surface area contributed by atoms with E-state index in [-0.39, 0.29) is 11.4 Å². The molecule has 0 saturated heterocycles. The first-order valence-electron chi connectivity index (χ1n) is 4.41. The summed E-state index contributed by atoms with van der Waals surface area (Å²) in [5.74, 6) is -1.91. The molecule has 16 heavy (non-hydrogen) atoms. The summed E-state index contributed by atoms with van der Waals surface area (Å²) in [6.45, 7) is 0. The molecule has 0 aliphatic carbocycles. The van der Waals surface area contributed by atoms with Crippen molar-refractivity contribution in [1.82, 2.24) is 9.97 Å². The monoisotopic (exact) mass is 223 g/mol. The number of anilines is 1. The minimum Gasteiger partial charge on any atom is -0.341 e. The summed E-state index contributed by atoms with van der Waals surface area (Å²) in [4.78, 5) is 17.7. The smallest absolute Gasteiger partial charge is 0.273 e. The van der Waals surface area contributed by atoms with Gasteiger partial charge in [0.05, 0.1) is 18.2 Å². The number of carbonyl (C=O) groups excluding carboxylic acids is 1. The fraction of sp³-hybridized carbons (Fsp3) is 0. The molecule has 0 spiro atoms. The Morgan fingerprint density at radius 2 is 2.19 bits per heavy atom. The third-order valence-electron chi connectivity index (χ3n) is 1.92. The molecule has 82 valence electrons. The van der Waals surface area contributed by atoms with Crippen molar-refractivity contribution >= 4 is 11.6 Å². The highest BCUT2D eigenvalue weighted by atomic mass is 19.1. The Morgan fingerprint density at radius 1 is 1.38 bits per heavy atom. The van der Waals surface area contributed by atoms with Gasteiger partial charge in [-0.3, -0.25) is 4.79 Å². The molecule has 1 aromatic carbocycles. The van der Waals surface area contributed by atoms with Crippen molar-refractivity contribution in [3.05, 3.63) is 48.1 Å². The van der Waals surface area contributed by atoms with E-state index in [4.69, 9.17) is 0 Å². The minimum atomic E-state index is -0.700. The summed E-state index contributed by atoms with van der Waals surface area (Å²) in [5.41, 5.74) is -0.0386. The molecule has 0 aliphatic rings. The van der Waals surface area contributed by atoms with Crippen LogP contribution in [0, 0.1) is 11.6 Å². The van der Waals surface area contributed by atoms with Crippen LogP contribution in [0.2, 0.25) is 0 Å². The molecule has 0 bridgehead atoms. The Morgan fingerprint density at radius 3 is 2.88 bits per heavy atom. The molecule has 1 amide bonds. The summed E-state index contributed by atoms with van der Waals surface area (Å²) in [5, 5.41) is 2.23. The van der Waals surface area contributed by atoms with Gasteiger partial charge >= 0.3 is 0 Å². The Kier molecular flexibility index (Phi) is 2.63. The van der Waals surface area contributed by atoms with Crippen molar-refractivity contribution in [1.29, 1.82) is 0 Å². The molecule has 1 heterocycles. The average Bonchev–Trinajstić information content (AvgIpc) is 2.76. The third-order valence-corrected chi connectivity index (χ3v) is 1.92. The van der Waals surface area contributed by atoms with Crippen LogP contribution in [0.25, 0.3) is 0 Å². The molecule has 0 atom stereocenters. The van der Waals surface area contributed by atoms with Gasteiger partial charge in [0, 0.05) is 6.07 Å². The number of benzene rings is 1. The zero-order valence-electron chi connectivity index (χ0n) is 8.00. The Labute approximate surface area is 89.3 Å². The number of imidazole rings is 1. The van der Waals surface area contributed by atoms with Crippen LogP contribution in [-0.2, 0) is 0 Å². The molecule has 4 nitrogen and oxygen atoms in total. The van der Waals surface area contributed by atoms with Crippen LogP contribution in [0.3, 0.4) is 0 Å². The van der Waals surface area contributed by atoms with Crippen molar-refractivity contribution in [3.63, 3.8) is 0 Å². The molecular formula is C10H7F2N3O. The highest BCUT2D eigenvalue weighted by molar-refractivity contribution is 6.02. The van der Waals surface area contributed by atoms with Crippen molar-refractivity contribution in [3.8, 4) is 0 Å². The third kappa shape index (κ3) is 2.05. The van der Waals surface area contributed by atoms with E-state index in [1.807, 2.05) is 0 Å². The van der Waals surface area contributed by atoms with Gasteiger partial charge in [-0.15, -0.1) is 0 Å². The Hall–Kier alpha value is -2.24. The van der Waals surface area contributed by atoms with Gasteiger partial charge in [-0.25, -0.2) is 13.8 Å². The predicted molar refractivity (Wildman–Crippen MR) is 52.9 cm³/mol. The number of nitrogens with zero attached hydrogens (tertiary/aromatic N) is 1. The van der Waals surface area contributed by atoms with Crippen LogP contribution >= 0.6 is 0 Å². The normalized spacial score (nSPS) is 10.1. The molecule has 0 radical (unpaired) electrons. The lowest BCUT2D eigenvalue weighted by atomic mass is 10.3. The van der Waals surface area contributed by atoms with E-state index in [1.165, 1.54) is 12.5 Å². The van der Waals surface area contributed by atoms with E-state index in [2.05, 4.69) is 15.3 Å². The first-order valence-corrected chi connectivity index (χ1v) is 4.41. The van der Waals surface area contributed by atoms with E-state index in [0.29, 0.717) is 0 Å². The van der Waals surface area contributed by atoms with Gasteiger partial charge in [0.25, 0.3) is 5.91 Å². The lowest BCUT2D eigenvalue weighted by Gasteiger charge is -2.04. The zero-order chi connectivity index (χ0) is 11.5. The van der Waals surface area contributed by atoms with Gasteiger partial charge in [0.1, 0.15) is 17.3 Å². The number of hydrogen-bond donors (Lipinski definition) is 2. The van der Waals surface area contributed by atoms with Gasteiger partial charge in [0.15, 0.2) is 0 Å². The van der Waals surface area contributed by atoms with Crippen LogP contribution in [0.1, 0.15) is 10.5 Å². The number of amides is 1. The van der Waals surface area contributed by atoms with Crippen LogP contribution in [0.15, 0.2) is 30.7 Å². The summed E-state index contributed by atoms with van der Waals surface area (Å²) < 4.78 is 26.0. The van der Waals surface area contributed by atoms with E-state index >= 15 is 0 Å². The fourth-order valence-electron chi connectivity index (χ4n) is 1.16. The maximum atomic E-state index is 13.2. The summed E-state index contributed by atoms with van der Waals surface area (Å²) in [7, 11) is 0. The molecule has 2 N–H and O–H groups in total. The van der Waals surface area contributed by atoms with E-state index in [9.17, 15) is 13.6 Å². The molecule has 0 fully saturated rings. The number of nitrogens with one attached hydrogen (secondary N) is 2. The lowest BCUT2D eigenvalue weighted by Crippen LogP contribution is -2.13. The highest BCUT2D eigenvalue weighted by Crippen LogP contribution is 2.15. The highest BCUT2D eigenvalue weighted by Gasteiger charge is 2.10. The second kappa shape index (κ2) is 4.09. The maximum Gasteiger partial charge on any atom is 0.273 e. The van der Waals surface area contributed by atoms with Crippen LogP contribution in [0.5, 0.6) is 0 Å². The number of halogens is 2. The molecule has 0 aliphatic heterocycles. The fourth-order valence-corrected chi connectivity index (χ4v) is 1.16. The van der Waals surface area contributed by atoms with E-state index in [0.717, 1.165) is 18.2 Å². The second-order valence-electron chi connectivity index (χ2n) is 3.04. The van der Waals surface area contributed by atoms with Crippen LogP contribution < -0.4 is 5.32 Å². The first-order chi connectivity index (χ1) is 7.66. The second-order valence-corrected chi connectivity index (χ2v) is 3.04. The summed E-state index contributed by atoms with van der Waals surface area (Å²) in [6.07, 6.45) is 2.60. The lowest BCUT2D eigenvalue weighted by molar-refractivity contribution is 0.102. The minimum absolute atomic E-state index is 0.170. The molecule has 2 rings (SSSR count). The molecule has 1 aromatic heterocycles. The van der Waals surface area contributed by atoms with Crippen molar-refractivity contribution in [2.24, 2.45) is 0 Å². The van der Waals surface area contributed by atoms with E-state index < -0.39 is 17.5 Å². The SMILES string of the molecule is O=C(Nc1cc(F)ccc1F)c1cnc[nH]1. The molecule has 2 aromatic rings. The number of hydrogen-bond acceptors (Lipinski definition) is 2. The first kappa shape index (κ1) is 10.3. The van der Waals surface area contributed by atoms with Crippen molar-refractivity contribution in [2.45, 2.75) is 0 Å². The number of aromatic nitrogens is 2. The number of rotatable bonds is 2. The number of H-pyrrole nitrogens is 1. The van der Waals surface area contributed by atoms with E-state index in [1.54, 1.807) is 0 Å². The van der Waals surface area contributed by atoms with Crippen molar-refractivity contribution in [2.75, 3.05) is 5.32 Å². The van der Waals surface area contributed by atoms with Crippen LogP contribution in [0.4, 0.5) is 14.5 Å². The molecule has 0 saturated carbocycles. The number of aromatic amines is 1. The largest absolute Gasteiger partial charge is 0.341 e. The van der Waals surface area contributed by atoms with Crippen LogP contribution in [-0.4, -0.2) is 15.9 Å². The summed E-state index contributed by atoms with van der Waals surface area (Å²) in [6, 6.07) is 2.82. The van der Waals surface area contributed by atoms with Crippen molar-refractivity contribution < 1.29 is 13.6 Å². The van der Waals surface area contributed by atoms with Gasteiger partial charge < -0.3 is 10.3 Å². The zero-order valence-corrected chi connectivity index (χ0v) is 8.00. The maximum absolute atomic E-state index is 13.2. The summed E-state index contributed by atoms with van der Waals surface area (Å²) >= 11 is 0. The quantitative estimate of drug-likeness (QED) is 0.817. The topological polar surface area (TPSA) is 57.8 Å². The Balaban J connectivity index is 2.21. The van der Waals surface area contributed by atoms with Gasteiger partial charge in [-0.1, -0.05) is 0 Å². The average molecular weight is 223 g/mol. The Bertz CT molecular complexity index is 511. The van der Waals surface area contributed by atoms with Gasteiger partial charge in [0.2, 0.25) is 0 Å². The van der Waals surface area contributed by atoms with Gasteiger partial charge in [-0.2, -0.15) is 0 Å². The predicted octanol–water partition coefficient (Wildman–Crippen LogP) is 1.94. The number of carbonyl (C=O) groups is 1.